The van der Waals surface area contributed by atoms with E-state index in [4.69, 9.17) is 5.73 Å². The Morgan fingerprint density at radius 1 is 1.20 bits per heavy atom. The van der Waals surface area contributed by atoms with E-state index in [0.29, 0.717) is 6.42 Å². The van der Waals surface area contributed by atoms with Crippen molar-refractivity contribution in [2.75, 3.05) is 38.5 Å². The van der Waals surface area contributed by atoms with Gasteiger partial charge in [0.1, 0.15) is 0 Å². The van der Waals surface area contributed by atoms with Crippen molar-refractivity contribution in [3.8, 4) is 0 Å². The number of anilines is 1. The third kappa shape index (κ3) is 4.10. The van der Waals surface area contributed by atoms with Gasteiger partial charge in [0.2, 0.25) is 5.91 Å². The first kappa shape index (κ1) is 14.6. The summed E-state index contributed by atoms with van der Waals surface area (Å²) in [6.45, 7) is 8.20. The molecule has 1 amide bonds. The van der Waals surface area contributed by atoms with Gasteiger partial charge in [0.25, 0.3) is 0 Å². The van der Waals surface area contributed by atoms with E-state index in [0.717, 1.165) is 50.4 Å². The van der Waals surface area contributed by atoms with Crippen LogP contribution in [0.3, 0.4) is 0 Å². The predicted octanol–water partition coefficient (Wildman–Crippen LogP) is 1.53. The monoisotopic (exact) mass is 273 g/mol. The topological polar surface area (TPSA) is 49.6 Å². The number of hydrogen-bond donors (Lipinski definition) is 1. The Balaban J connectivity index is 1.75. The first-order valence-electron chi connectivity index (χ1n) is 7.14. The first-order chi connectivity index (χ1) is 9.69. The predicted molar refractivity (Wildman–Crippen MR) is 82.4 cm³/mol. The SMILES string of the molecule is C=CCN1CCN(C(=O)CCc2ccc(N)cc2)CC1. The van der Waals surface area contributed by atoms with E-state index in [1.54, 1.807) is 0 Å². The summed E-state index contributed by atoms with van der Waals surface area (Å²) in [6, 6.07) is 7.75. The first-order valence-corrected chi connectivity index (χ1v) is 7.14. The third-order valence-electron chi connectivity index (χ3n) is 3.72. The molecule has 0 aliphatic carbocycles. The van der Waals surface area contributed by atoms with Gasteiger partial charge in [-0.3, -0.25) is 9.69 Å². The zero-order chi connectivity index (χ0) is 14.4. The Labute approximate surface area is 120 Å². The van der Waals surface area contributed by atoms with E-state index in [-0.39, 0.29) is 5.91 Å². The Kier molecular flexibility index (Phi) is 5.18. The van der Waals surface area contributed by atoms with Crippen molar-refractivity contribution in [3.05, 3.63) is 42.5 Å². The van der Waals surface area contributed by atoms with Crippen molar-refractivity contribution in [2.45, 2.75) is 12.8 Å². The van der Waals surface area contributed by atoms with Crippen LogP contribution in [0, 0.1) is 0 Å². The molecule has 2 N–H and O–H groups in total. The van der Waals surface area contributed by atoms with Crippen LogP contribution in [0.4, 0.5) is 5.69 Å². The van der Waals surface area contributed by atoms with E-state index in [1.807, 2.05) is 35.2 Å². The lowest BCUT2D eigenvalue weighted by Crippen LogP contribution is -2.48. The lowest BCUT2D eigenvalue weighted by Gasteiger charge is -2.34. The Morgan fingerprint density at radius 2 is 1.85 bits per heavy atom. The molecule has 0 radical (unpaired) electrons. The van der Waals surface area contributed by atoms with Crippen molar-refractivity contribution in [1.29, 1.82) is 0 Å². The molecule has 0 unspecified atom stereocenters. The second kappa shape index (κ2) is 7.10. The third-order valence-corrected chi connectivity index (χ3v) is 3.72. The van der Waals surface area contributed by atoms with Gasteiger partial charge in [-0.05, 0) is 24.1 Å². The van der Waals surface area contributed by atoms with Crippen LogP contribution in [-0.2, 0) is 11.2 Å². The van der Waals surface area contributed by atoms with Crippen molar-refractivity contribution in [2.24, 2.45) is 0 Å². The number of benzene rings is 1. The van der Waals surface area contributed by atoms with Crippen molar-refractivity contribution in [1.82, 2.24) is 9.80 Å². The molecular weight excluding hydrogens is 250 g/mol. The highest BCUT2D eigenvalue weighted by Gasteiger charge is 2.19. The van der Waals surface area contributed by atoms with Gasteiger partial charge >= 0.3 is 0 Å². The molecule has 20 heavy (non-hydrogen) atoms. The maximum Gasteiger partial charge on any atom is 0.222 e. The highest BCUT2D eigenvalue weighted by Crippen LogP contribution is 2.10. The van der Waals surface area contributed by atoms with E-state index in [1.165, 1.54) is 0 Å². The van der Waals surface area contributed by atoms with Crippen molar-refractivity contribution < 1.29 is 4.79 Å². The van der Waals surface area contributed by atoms with Crippen LogP contribution >= 0.6 is 0 Å². The summed E-state index contributed by atoms with van der Waals surface area (Å²) in [6.07, 6.45) is 3.27. The molecule has 1 aliphatic rings. The van der Waals surface area contributed by atoms with Crippen LogP contribution in [0.25, 0.3) is 0 Å². The molecule has 1 saturated heterocycles. The number of nitrogens with two attached hydrogens (primary N) is 1. The summed E-state index contributed by atoms with van der Waals surface area (Å²) in [5, 5.41) is 0. The van der Waals surface area contributed by atoms with E-state index < -0.39 is 0 Å². The average Bonchev–Trinajstić information content (AvgIpc) is 2.47. The van der Waals surface area contributed by atoms with Gasteiger partial charge in [-0.2, -0.15) is 0 Å². The molecule has 1 aliphatic heterocycles. The minimum Gasteiger partial charge on any atom is -0.399 e. The number of carbonyl (C=O) groups is 1. The summed E-state index contributed by atoms with van der Waals surface area (Å²) >= 11 is 0. The zero-order valence-corrected chi connectivity index (χ0v) is 11.9. The zero-order valence-electron chi connectivity index (χ0n) is 11.9. The second-order valence-electron chi connectivity index (χ2n) is 5.21. The molecule has 0 aromatic heterocycles. The fraction of sp³-hybridized carbons (Fsp3) is 0.438. The van der Waals surface area contributed by atoms with Gasteiger partial charge in [0, 0.05) is 44.8 Å². The molecule has 2 rings (SSSR count). The molecule has 0 saturated carbocycles. The molecule has 1 aromatic carbocycles. The van der Waals surface area contributed by atoms with Crippen molar-refractivity contribution >= 4 is 11.6 Å². The Hall–Kier alpha value is -1.81. The van der Waals surface area contributed by atoms with Crippen LogP contribution in [0.5, 0.6) is 0 Å². The fourth-order valence-electron chi connectivity index (χ4n) is 2.46. The molecule has 0 bridgehead atoms. The quantitative estimate of drug-likeness (QED) is 0.654. The normalized spacial score (nSPS) is 16.1. The van der Waals surface area contributed by atoms with Crippen LogP contribution in [0.1, 0.15) is 12.0 Å². The summed E-state index contributed by atoms with van der Waals surface area (Å²) in [4.78, 5) is 16.5. The molecule has 1 heterocycles. The second-order valence-corrected chi connectivity index (χ2v) is 5.21. The highest BCUT2D eigenvalue weighted by atomic mass is 16.2. The molecule has 4 nitrogen and oxygen atoms in total. The molecule has 4 heteroatoms. The largest absolute Gasteiger partial charge is 0.399 e. The van der Waals surface area contributed by atoms with Crippen LogP contribution < -0.4 is 5.73 Å². The summed E-state index contributed by atoms with van der Waals surface area (Å²) < 4.78 is 0. The lowest BCUT2D eigenvalue weighted by atomic mass is 10.1. The maximum atomic E-state index is 12.2. The van der Waals surface area contributed by atoms with Crippen LogP contribution in [0.15, 0.2) is 36.9 Å². The number of amides is 1. The standard InChI is InChI=1S/C16H23N3O/c1-2-9-18-10-12-19(13-11-18)16(20)8-5-14-3-6-15(17)7-4-14/h2-4,6-7H,1,5,8-13,17H2. The Bertz CT molecular complexity index is 447. The fourth-order valence-corrected chi connectivity index (χ4v) is 2.46. The molecule has 0 spiro atoms. The van der Waals surface area contributed by atoms with Gasteiger partial charge in [0.15, 0.2) is 0 Å². The number of carbonyl (C=O) groups excluding carboxylic acids is 1. The average molecular weight is 273 g/mol. The number of aryl methyl sites for hydroxylation is 1. The van der Waals surface area contributed by atoms with Crippen LogP contribution in [0.2, 0.25) is 0 Å². The molecular formula is C16H23N3O. The smallest absolute Gasteiger partial charge is 0.222 e. The number of rotatable bonds is 5. The van der Waals surface area contributed by atoms with Gasteiger partial charge in [-0.25, -0.2) is 0 Å². The molecule has 0 atom stereocenters. The lowest BCUT2D eigenvalue weighted by molar-refractivity contribution is -0.132. The van der Waals surface area contributed by atoms with Gasteiger partial charge in [0.05, 0.1) is 0 Å². The number of nitrogens with zero attached hydrogens (tertiary/aromatic N) is 2. The van der Waals surface area contributed by atoms with Crippen molar-refractivity contribution in [3.63, 3.8) is 0 Å². The highest BCUT2D eigenvalue weighted by molar-refractivity contribution is 5.76. The molecule has 1 aromatic rings. The minimum atomic E-state index is 0.250. The van der Waals surface area contributed by atoms with Gasteiger partial charge in [-0.1, -0.05) is 18.2 Å². The van der Waals surface area contributed by atoms with Crippen LogP contribution in [-0.4, -0.2) is 48.4 Å². The minimum absolute atomic E-state index is 0.250. The number of piperazine rings is 1. The summed E-state index contributed by atoms with van der Waals surface area (Å²) in [5.41, 5.74) is 7.58. The van der Waals surface area contributed by atoms with E-state index in [2.05, 4.69) is 11.5 Å². The Morgan fingerprint density at radius 3 is 2.45 bits per heavy atom. The number of nitrogen functional groups attached to an aromatic ring is 1. The van der Waals surface area contributed by atoms with Gasteiger partial charge in [-0.15, -0.1) is 6.58 Å². The van der Waals surface area contributed by atoms with E-state index in [9.17, 15) is 4.79 Å². The molecule has 108 valence electrons. The maximum absolute atomic E-state index is 12.2. The summed E-state index contributed by atoms with van der Waals surface area (Å²) in [5.74, 6) is 0.250. The van der Waals surface area contributed by atoms with E-state index >= 15 is 0 Å². The number of hydrogen-bond acceptors (Lipinski definition) is 3. The molecule has 1 fully saturated rings. The summed E-state index contributed by atoms with van der Waals surface area (Å²) in [7, 11) is 0. The van der Waals surface area contributed by atoms with Gasteiger partial charge < -0.3 is 10.6 Å².